The van der Waals surface area contributed by atoms with E-state index >= 15 is 0 Å². The molecular formula is C19H21ClN4O2. The Labute approximate surface area is 157 Å². The van der Waals surface area contributed by atoms with Gasteiger partial charge >= 0.3 is 11.8 Å². The number of carbonyl (C=O) groups is 2. The Kier molecular flexibility index (Phi) is 6.07. The highest BCUT2D eigenvalue weighted by Crippen LogP contribution is 2.22. The fourth-order valence-electron chi connectivity index (χ4n) is 3.01. The number of piperidine rings is 1. The second-order valence-electron chi connectivity index (χ2n) is 6.28. The molecule has 0 saturated carbocycles. The molecule has 1 aliphatic rings. The van der Waals surface area contributed by atoms with Crippen molar-refractivity contribution in [2.45, 2.75) is 12.8 Å². The Morgan fingerprint density at radius 2 is 1.77 bits per heavy atom. The summed E-state index contributed by atoms with van der Waals surface area (Å²) in [4.78, 5) is 30.3. The number of pyridine rings is 1. The highest BCUT2D eigenvalue weighted by molar-refractivity contribution is 6.41. The molecule has 1 saturated heterocycles. The topological polar surface area (TPSA) is 74.3 Å². The van der Waals surface area contributed by atoms with Crippen LogP contribution in [0.5, 0.6) is 0 Å². The summed E-state index contributed by atoms with van der Waals surface area (Å²) in [5.74, 6) is -0.973. The zero-order valence-corrected chi connectivity index (χ0v) is 15.1. The van der Waals surface area contributed by atoms with Gasteiger partial charge < -0.3 is 15.5 Å². The lowest BCUT2D eigenvalue weighted by Gasteiger charge is -2.33. The zero-order valence-electron chi connectivity index (χ0n) is 14.3. The summed E-state index contributed by atoms with van der Waals surface area (Å²) in [6.07, 6.45) is 5.52. The SMILES string of the molecule is O=C(NCC1CCN(c2ccncc2)CC1)C(=O)Nc1ccccc1Cl. The summed E-state index contributed by atoms with van der Waals surface area (Å²) < 4.78 is 0. The smallest absolute Gasteiger partial charge is 0.313 e. The van der Waals surface area contributed by atoms with Gasteiger partial charge in [0.15, 0.2) is 0 Å². The van der Waals surface area contributed by atoms with Gasteiger partial charge in [0.1, 0.15) is 0 Å². The van der Waals surface area contributed by atoms with Crippen LogP contribution in [-0.4, -0.2) is 36.4 Å². The molecule has 0 bridgehead atoms. The first kappa shape index (κ1) is 18.2. The molecule has 2 N–H and O–H groups in total. The highest BCUT2D eigenvalue weighted by Gasteiger charge is 2.21. The lowest BCUT2D eigenvalue weighted by molar-refractivity contribution is -0.136. The molecule has 0 radical (unpaired) electrons. The summed E-state index contributed by atoms with van der Waals surface area (Å²) >= 11 is 5.98. The Morgan fingerprint density at radius 1 is 1.08 bits per heavy atom. The number of hydrogen-bond donors (Lipinski definition) is 2. The summed E-state index contributed by atoms with van der Waals surface area (Å²) in [5, 5.41) is 5.65. The van der Waals surface area contributed by atoms with Crippen LogP contribution in [0, 0.1) is 5.92 Å². The van der Waals surface area contributed by atoms with Gasteiger partial charge in [0.05, 0.1) is 10.7 Å². The van der Waals surface area contributed by atoms with E-state index in [1.807, 2.05) is 12.1 Å². The number of amides is 2. The fraction of sp³-hybridized carbons (Fsp3) is 0.316. The predicted octanol–water partition coefficient (Wildman–Crippen LogP) is 2.71. The summed E-state index contributed by atoms with van der Waals surface area (Å²) in [6.45, 7) is 2.35. The molecule has 2 aromatic rings. The number of benzene rings is 1. The second-order valence-corrected chi connectivity index (χ2v) is 6.69. The molecule has 0 atom stereocenters. The molecule has 136 valence electrons. The molecule has 2 amide bonds. The van der Waals surface area contributed by atoms with Crippen LogP contribution in [0.25, 0.3) is 0 Å². The van der Waals surface area contributed by atoms with Crippen LogP contribution in [0.3, 0.4) is 0 Å². The molecule has 1 aliphatic heterocycles. The number of anilines is 2. The number of aromatic nitrogens is 1. The molecule has 7 heteroatoms. The van der Waals surface area contributed by atoms with Gasteiger partial charge in [-0.1, -0.05) is 23.7 Å². The normalized spacial score (nSPS) is 14.7. The van der Waals surface area contributed by atoms with Gasteiger partial charge in [0, 0.05) is 37.7 Å². The van der Waals surface area contributed by atoms with E-state index in [0.29, 0.717) is 23.2 Å². The van der Waals surface area contributed by atoms with Crippen molar-refractivity contribution >= 4 is 34.8 Å². The molecule has 26 heavy (non-hydrogen) atoms. The van der Waals surface area contributed by atoms with E-state index in [-0.39, 0.29) is 0 Å². The molecule has 1 aromatic carbocycles. The van der Waals surface area contributed by atoms with Crippen LogP contribution in [0.1, 0.15) is 12.8 Å². The average molecular weight is 373 g/mol. The monoisotopic (exact) mass is 372 g/mol. The number of para-hydroxylation sites is 1. The predicted molar refractivity (Wildman–Crippen MR) is 102 cm³/mol. The van der Waals surface area contributed by atoms with Crippen molar-refractivity contribution in [3.8, 4) is 0 Å². The first-order chi connectivity index (χ1) is 12.6. The minimum Gasteiger partial charge on any atom is -0.371 e. The molecular weight excluding hydrogens is 352 g/mol. The molecule has 2 heterocycles. The third-order valence-electron chi connectivity index (χ3n) is 4.52. The lowest BCUT2D eigenvalue weighted by atomic mass is 9.96. The fourth-order valence-corrected chi connectivity index (χ4v) is 3.19. The quantitative estimate of drug-likeness (QED) is 0.809. The summed E-state index contributed by atoms with van der Waals surface area (Å²) in [5.41, 5.74) is 1.60. The van der Waals surface area contributed by atoms with Gasteiger partial charge in [0.2, 0.25) is 0 Å². The van der Waals surface area contributed by atoms with E-state index in [1.54, 1.807) is 36.7 Å². The Bertz CT molecular complexity index is 761. The van der Waals surface area contributed by atoms with E-state index < -0.39 is 11.8 Å². The van der Waals surface area contributed by atoms with E-state index in [4.69, 9.17) is 11.6 Å². The van der Waals surface area contributed by atoms with Crippen molar-refractivity contribution in [3.05, 3.63) is 53.8 Å². The molecule has 3 rings (SSSR count). The third kappa shape index (κ3) is 4.73. The molecule has 0 aliphatic carbocycles. The van der Waals surface area contributed by atoms with E-state index in [2.05, 4.69) is 20.5 Å². The number of carbonyl (C=O) groups excluding carboxylic acids is 2. The summed E-state index contributed by atoms with van der Waals surface area (Å²) in [7, 11) is 0. The molecule has 1 aromatic heterocycles. The second kappa shape index (κ2) is 8.67. The van der Waals surface area contributed by atoms with Crippen LogP contribution in [0.4, 0.5) is 11.4 Å². The van der Waals surface area contributed by atoms with Crippen LogP contribution in [0.15, 0.2) is 48.8 Å². The van der Waals surface area contributed by atoms with Crippen LogP contribution < -0.4 is 15.5 Å². The van der Waals surface area contributed by atoms with Crippen molar-refractivity contribution in [1.29, 1.82) is 0 Å². The Balaban J connectivity index is 1.42. The Morgan fingerprint density at radius 3 is 2.46 bits per heavy atom. The maximum Gasteiger partial charge on any atom is 0.313 e. The molecule has 6 nitrogen and oxygen atoms in total. The highest BCUT2D eigenvalue weighted by atomic mass is 35.5. The number of rotatable bonds is 4. The van der Waals surface area contributed by atoms with E-state index in [1.165, 1.54) is 5.69 Å². The van der Waals surface area contributed by atoms with E-state index in [9.17, 15) is 9.59 Å². The van der Waals surface area contributed by atoms with Crippen molar-refractivity contribution < 1.29 is 9.59 Å². The van der Waals surface area contributed by atoms with E-state index in [0.717, 1.165) is 25.9 Å². The van der Waals surface area contributed by atoms with Crippen molar-refractivity contribution in [2.75, 3.05) is 29.9 Å². The minimum atomic E-state index is -0.702. The first-order valence-electron chi connectivity index (χ1n) is 8.62. The first-order valence-corrected chi connectivity index (χ1v) is 9.00. The maximum atomic E-state index is 12.0. The number of nitrogens with one attached hydrogen (secondary N) is 2. The van der Waals surface area contributed by atoms with Gasteiger partial charge in [-0.3, -0.25) is 14.6 Å². The lowest BCUT2D eigenvalue weighted by Crippen LogP contribution is -2.41. The van der Waals surface area contributed by atoms with Crippen molar-refractivity contribution in [3.63, 3.8) is 0 Å². The minimum absolute atomic E-state index is 0.366. The maximum absolute atomic E-state index is 12.0. The Hall–Kier alpha value is -2.60. The third-order valence-corrected chi connectivity index (χ3v) is 4.85. The van der Waals surface area contributed by atoms with Gasteiger partial charge in [0.25, 0.3) is 0 Å². The number of halogens is 1. The zero-order chi connectivity index (χ0) is 18.4. The van der Waals surface area contributed by atoms with Crippen LogP contribution >= 0.6 is 11.6 Å². The number of hydrogen-bond acceptors (Lipinski definition) is 4. The van der Waals surface area contributed by atoms with Gasteiger partial charge in [-0.25, -0.2) is 0 Å². The average Bonchev–Trinajstić information content (AvgIpc) is 2.69. The molecule has 0 spiro atoms. The van der Waals surface area contributed by atoms with Gasteiger partial charge in [-0.2, -0.15) is 0 Å². The van der Waals surface area contributed by atoms with Crippen molar-refractivity contribution in [1.82, 2.24) is 10.3 Å². The van der Waals surface area contributed by atoms with Crippen LogP contribution in [0.2, 0.25) is 5.02 Å². The van der Waals surface area contributed by atoms with Gasteiger partial charge in [-0.15, -0.1) is 0 Å². The summed E-state index contributed by atoms with van der Waals surface area (Å²) in [6, 6.07) is 10.8. The molecule has 0 unspecified atom stereocenters. The number of nitrogens with zero attached hydrogens (tertiary/aromatic N) is 2. The largest absolute Gasteiger partial charge is 0.371 e. The van der Waals surface area contributed by atoms with Crippen LogP contribution in [-0.2, 0) is 9.59 Å². The van der Waals surface area contributed by atoms with Gasteiger partial charge in [-0.05, 0) is 43.0 Å². The van der Waals surface area contributed by atoms with Crippen molar-refractivity contribution in [2.24, 2.45) is 5.92 Å². The molecule has 1 fully saturated rings. The standard InChI is InChI=1S/C19H21ClN4O2/c20-16-3-1-2-4-17(16)23-19(26)18(25)22-13-14-7-11-24(12-8-14)15-5-9-21-10-6-15/h1-6,9-10,14H,7-8,11-13H2,(H,22,25)(H,23,26).